The number of esters is 1. The first-order chi connectivity index (χ1) is 18.8. The average molecular weight is 571 g/mol. The minimum absolute atomic E-state index is 0.118. The Labute approximate surface area is 236 Å². The molecule has 4 aromatic rings. The van der Waals surface area contributed by atoms with Gasteiger partial charge in [-0.25, -0.2) is 14.8 Å². The lowest BCUT2D eigenvalue weighted by atomic mass is 10.2. The van der Waals surface area contributed by atoms with Crippen LogP contribution in [-0.4, -0.2) is 57.5 Å². The Hall–Kier alpha value is -3.40. The van der Waals surface area contributed by atoms with Gasteiger partial charge in [-0.05, 0) is 62.6 Å². The zero-order valence-corrected chi connectivity index (χ0v) is 23.2. The van der Waals surface area contributed by atoms with Crippen LogP contribution < -0.4 is 9.47 Å². The summed E-state index contributed by atoms with van der Waals surface area (Å²) < 4.78 is 24.0. The third-order valence-corrected chi connectivity index (χ3v) is 6.78. The van der Waals surface area contributed by atoms with Crippen LogP contribution in [0.1, 0.15) is 32.3 Å². The second-order valence-electron chi connectivity index (χ2n) is 9.40. The second kappa shape index (κ2) is 11.8. The van der Waals surface area contributed by atoms with Gasteiger partial charge in [0.1, 0.15) is 36.7 Å². The van der Waals surface area contributed by atoms with Gasteiger partial charge >= 0.3 is 5.97 Å². The molecule has 2 heterocycles. The number of carbonyl (C=O) groups is 1. The molecule has 0 N–H and O–H groups in total. The Balaban J connectivity index is 1.42. The van der Waals surface area contributed by atoms with Crippen LogP contribution in [0.4, 0.5) is 0 Å². The van der Waals surface area contributed by atoms with E-state index < -0.39 is 5.97 Å². The molecule has 1 aliphatic rings. The van der Waals surface area contributed by atoms with Gasteiger partial charge < -0.3 is 23.5 Å². The molecule has 39 heavy (non-hydrogen) atoms. The molecule has 2 aromatic carbocycles. The number of rotatable bonds is 12. The van der Waals surface area contributed by atoms with Crippen molar-refractivity contribution in [1.82, 2.24) is 19.5 Å². The van der Waals surface area contributed by atoms with Gasteiger partial charge in [-0.1, -0.05) is 35.3 Å². The number of imidazole rings is 1. The first-order valence-corrected chi connectivity index (χ1v) is 13.4. The Morgan fingerprint density at radius 2 is 1.95 bits per heavy atom. The molecular weight excluding hydrogens is 543 g/mol. The van der Waals surface area contributed by atoms with Gasteiger partial charge in [-0.3, -0.25) is 0 Å². The molecule has 0 radical (unpaired) electrons. The number of hydrogen-bond acceptors (Lipinski definition) is 8. The fourth-order valence-corrected chi connectivity index (χ4v) is 4.49. The van der Waals surface area contributed by atoms with Crippen molar-refractivity contribution in [1.29, 1.82) is 0 Å². The number of hydrogen-bond donors (Lipinski definition) is 0. The van der Waals surface area contributed by atoms with Gasteiger partial charge in [-0.2, -0.15) is 4.98 Å². The number of fused-ring (bicyclic) bond motifs is 1. The van der Waals surface area contributed by atoms with E-state index in [9.17, 15) is 4.79 Å². The third kappa shape index (κ3) is 6.61. The van der Waals surface area contributed by atoms with E-state index in [1.54, 1.807) is 13.0 Å². The fraction of sp³-hybridized carbons (Fsp3) is 0.357. The van der Waals surface area contributed by atoms with E-state index in [0.717, 1.165) is 18.4 Å². The molecule has 0 spiro atoms. The van der Waals surface area contributed by atoms with E-state index in [0.29, 0.717) is 57.4 Å². The van der Waals surface area contributed by atoms with Gasteiger partial charge in [0.05, 0.1) is 24.8 Å². The normalized spacial score (nSPS) is 13.8. The first-order valence-electron chi connectivity index (χ1n) is 12.7. The van der Waals surface area contributed by atoms with Crippen molar-refractivity contribution in [3.8, 4) is 23.0 Å². The van der Waals surface area contributed by atoms with Crippen molar-refractivity contribution in [3.05, 3.63) is 64.4 Å². The average Bonchev–Trinajstić information content (AvgIpc) is 3.52. The summed E-state index contributed by atoms with van der Waals surface area (Å²) >= 11 is 13.0. The van der Waals surface area contributed by atoms with E-state index in [1.165, 1.54) is 6.33 Å². The van der Waals surface area contributed by atoms with Gasteiger partial charge in [0.15, 0.2) is 11.2 Å². The summed E-state index contributed by atoms with van der Waals surface area (Å²) in [5.41, 5.74) is 2.66. The smallest absolute Gasteiger partial charge is 0.332 e. The van der Waals surface area contributed by atoms with Crippen molar-refractivity contribution in [2.45, 2.75) is 38.8 Å². The van der Waals surface area contributed by atoms with Crippen molar-refractivity contribution >= 4 is 40.3 Å². The lowest BCUT2D eigenvalue weighted by Gasteiger charge is -2.12. The van der Waals surface area contributed by atoms with Crippen molar-refractivity contribution < 1.29 is 23.7 Å². The predicted molar refractivity (Wildman–Crippen MR) is 148 cm³/mol. The van der Waals surface area contributed by atoms with E-state index in [-0.39, 0.29) is 25.4 Å². The number of carbonyl (C=O) groups excluding carboxylic acids is 1. The molecular formula is C28H28Cl2N4O5. The molecule has 0 bridgehead atoms. The van der Waals surface area contributed by atoms with E-state index in [4.69, 9.17) is 47.1 Å². The maximum Gasteiger partial charge on any atom is 0.332 e. The summed E-state index contributed by atoms with van der Waals surface area (Å²) in [7, 11) is 0. The molecule has 0 unspecified atom stereocenters. The topological polar surface area (TPSA) is 97.6 Å². The minimum Gasteiger partial charge on any atom is -0.491 e. The van der Waals surface area contributed by atoms with Gasteiger partial charge in [0, 0.05) is 10.6 Å². The summed E-state index contributed by atoms with van der Waals surface area (Å²) in [5.74, 6) is 1.22. The number of nitrogens with zero attached hydrogens (tertiary/aromatic N) is 4. The molecule has 11 heteroatoms. The van der Waals surface area contributed by atoms with Crippen molar-refractivity contribution in [3.63, 3.8) is 0 Å². The summed E-state index contributed by atoms with van der Waals surface area (Å²) in [4.78, 5) is 25.2. The summed E-state index contributed by atoms with van der Waals surface area (Å²) in [5, 5.41) is 1.09. The zero-order valence-electron chi connectivity index (χ0n) is 21.7. The number of halogens is 2. The van der Waals surface area contributed by atoms with Crippen molar-refractivity contribution in [2.24, 2.45) is 0 Å². The van der Waals surface area contributed by atoms with E-state index in [1.807, 2.05) is 41.0 Å². The van der Waals surface area contributed by atoms with E-state index in [2.05, 4.69) is 16.9 Å². The molecule has 0 aliphatic heterocycles. The Morgan fingerprint density at radius 1 is 1.10 bits per heavy atom. The molecule has 0 amide bonds. The lowest BCUT2D eigenvalue weighted by Crippen LogP contribution is -2.15. The molecule has 0 atom stereocenters. The van der Waals surface area contributed by atoms with Crippen LogP contribution >= 0.6 is 23.2 Å². The minimum atomic E-state index is -0.407. The van der Waals surface area contributed by atoms with Crippen molar-refractivity contribution in [2.75, 3.05) is 26.4 Å². The highest BCUT2D eigenvalue weighted by atomic mass is 35.5. The molecule has 1 saturated carbocycles. The van der Waals surface area contributed by atoms with Crippen LogP contribution in [-0.2, 0) is 20.8 Å². The van der Waals surface area contributed by atoms with Crippen LogP contribution in [0, 0.1) is 0 Å². The third-order valence-electron chi connectivity index (χ3n) is 6.23. The number of benzene rings is 2. The van der Waals surface area contributed by atoms with Crippen LogP contribution in [0.15, 0.2) is 48.8 Å². The summed E-state index contributed by atoms with van der Waals surface area (Å²) in [6.45, 7) is 4.94. The summed E-state index contributed by atoms with van der Waals surface area (Å²) in [6.07, 6.45) is 3.43. The van der Waals surface area contributed by atoms with E-state index >= 15 is 0 Å². The fourth-order valence-electron chi connectivity index (χ4n) is 4.02. The number of ether oxygens (including phenoxy) is 4. The molecule has 204 valence electrons. The van der Waals surface area contributed by atoms with Gasteiger partial charge in [-0.15, -0.1) is 0 Å². The maximum absolute atomic E-state index is 11.4. The predicted octanol–water partition coefficient (Wildman–Crippen LogP) is 5.74. The molecule has 9 nitrogen and oxygen atoms in total. The Bertz CT molecular complexity index is 1490. The number of aromatic nitrogens is 4. The Kier molecular flexibility index (Phi) is 8.20. The Morgan fingerprint density at radius 3 is 2.69 bits per heavy atom. The molecule has 1 fully saturated rings. The zero-order chi connectivity index (χ0) is 27.4. The highest BCUT2D eigenvalue weighted by molar-refractivity contribution is 6.33. The maximum atomic E-state index is 11.4. The first kappa shape index (κ1) is 27.2. The SMILES string of the molecule is CCOC(=O)COCCOc1ccc(-c2nc3c(OC4(C)CC4)ncnc3n2Cc2cccc(Cl)c2)c(Cl)c1. The quantitative estimate of drug-likeness (QED) is 0.157. The van der Waals surface area contributed by atoms with Crippen LogP contribution in [0.5, 0.6) is 11.6 Å². The van der Waals surface area contributed by atoms with Crippen LogP contribution in [0.2, 0.25) is 10.0 Å². The molecule has 2 aromatic heterocycles. The monoisotopic (exact) mass is 570 g/mol. The molecule has 1 aliphatic carbocycles. The highest BCUT2D eigenvalue weighted by Crippen LogP contribution is 2.41. The largest absolute Gasteiger partial charge is 0.491 e. The second-order valence-corrected chi connectivity index (χ2v) is 10.2. The standard InChI is InChI=1S/C28H28Cl2N4O5/c1-3-37-23(35)16-36-11-12-38-20-7-8-21(22(30)14-20)25-33-24-26(31-17-32-27(24)39-28(2)9-10-28)34(25)15-18-5-4-6-19(29)13-18/h4-8,13-14,17H,3,9-12,15-16H2,1-2H3. The molecule has 0 saturated heterocycles. The summed E-state index contributed by atoms with van der Waals surface area (Å²) in [6, 6.07) is 13.0. The van der Waals surface area contributed by atoms with Crippen LogP contribution in [0.3, 0.4) is 0 Å². The molecule has 5 rings (SSSR count). The van der Waals surface area contributed by atoms with Crippen LogP contribution in [0.25, 0.3) is 22.6 Å². The lowest BCUT2D eigenvalue weighted by molar-refractivity contribution is -0.148. The highest BCUT2D eigenvalue weighted by Gasteiger charge is 2.41. The van der Waals surface area contributed by atoms with Gasteiger partial charge in [0.2, 0.25) is 5.88 Å². The van der Waals surface area contributed by atoms with Gasteiger partial charge in [0.25, 0.3) is 0 Å².